The summed E-state index contributed by atoms with van der Waals surface area (Å²) in [5.41, 5.74) is 3.40. The van der Waals surface area contributed by atoms with Gasteiger partial charge in [0.25, 0.3) is 0 Å². The van der Waals surface area contributed by atoms with Gasteiger partial charge in [0.2, 0.25) is 0 Å². The second-order valence-corrected chi connectivity index (χ2v) is 4.54. The second-order valence-electron chi connectivity index (χ2n) is 4.54. The van der Waals surface area contributed by atoms with Gasteiger partial charge >= 0.3 is 0 Å². The molecule has 3 heteroatoms. The fourth-order valence-corrected chi connectivity index (χ4v) is 2.10. The van der Waals surface area contributed by atoms with E-state index in [0.717, 1.165) is 28.8 Å². The Morgan fingerprint density at radius 2 is 1.58 bits per heavy atom. The quantitative estimate of drug-likeness (QED) is 0.875. The summed E-state index contributed by atoms with van der Waals surface area (Å²) in [7, 11) is 0. The van der Waals surface area contributed by atoms with Crippen LogP contribution in [0.2, 0.25) is 0 Å². The number of hydrogen-bond donors (Lipinski definition) is 1. The molecule has 2 aromatic carbocycles. The van der Waals surface area contributed by atoms with Crippen LogP contribution in [0.15, 0.2) is 36.4 Å². The molecule has 0 aliphatic carbocycles. The third-order valence-corrected chi connectivity index (χ3v) is 3.13. The monoisotopic (exact) mass is 261 g/mol. The van der Waals surface area contributed by atoms with Gasteiger partial charge in [0, 0.05) is 6.54 Å². The molecule has 0 atom stereocenters. The minimum absolute atomic E-state index is 0.306. The zero-order chi connectivity index (χ0) is 13.8. The summed E-state index contributed by atoms with van der Waals surface area (Å²) >= 11 is 0. The Bertz CT molecular complexity index is 579. The zero-order valence-corrected chi connectivity index (χ0v) is 11.1. The average Bonchev–Trinajstić information content (AvgIpc) is 2.40. The van der Waals surface area contributed by atoms with Crippen LogP contribution in [0.4, 0.5) is 8.78 Å². The van der Waals surface area contributed by atoms with Crippen LogP contribution in [0, 0.1) is 18.6 Å². The summed E-state index contributed by atoms with van der Waals surface area (Å²) in [6, 6.07) is 9.24. The Balaban J connectivity index is 2.52. The van der Waals surface area contributed by atoms with Crippen LogP contribution in [0.3, 0.4) is 0 Å². The van der Waals surface area contributed by atoms with Crippen molar-refractivity contribution in [2.75, 3.05) is 6.54 Å². The fraction of sp³-hybridized carbons (Fsp3) is 0.250. The summed E-state index contributed by atoms with van der Waals surface area (Å²) in [4.78, 5) is 0. The molecule has 2 aromatic rings. The van der Waals surface area contributed by atoms with Crippen molar-refractivity contribution in [3.05, 3.63) is 59.2 Å². The molecule has 0 spiro atoms. The van der Waals surface area contributed by atoms with Gasteiger partial charge in [0.1, 0.15) is 11.6 Å². The van der Waals surface area contributed by atoms with Crippen molar-refractivity contribution >= 4 is 0 Å². The molecule has 0 aliphatic rings. The highest BCUT2D eigenvalue weighted by Crippen LogP contribution is 2.28. The van der Waals surface area contributed by atoms with E-state index in [-0.39, 0.29) is 11.6 Å². The Hall–Kier alpha value is -1.74. The summed E-state index contributed by atoms with van der Waals surface area (Å²) in [6.45, 7) is 5.38. The van der Waals surface area contributed by atoms with Gasteiger partial charge in [-0.3, -0.25) is 0 Å². The van der Waals surface area contributed by atoms with Crippen molar-refractivity contribution in [1.29, 1.82) is 0 Å². The number of halogens is 2. The van der Waals surface area contributed by atoms with Crippen molar-refractivity contribution in [3.8, 4) is 11.1 Å². The molecule has 0 bridgehead atoms. The normalized spacial score (nSPS) is 10.7. The van der Waals surface area contributed by atoms with E-state index in [4.69, 9.17) is 0 Å². The molecule has 0 amide bonds. The molecule has 100 valence electrons. The highest BCUT2D eigenvalue weighted by molar-refractivity contribution is 5.70. The van der Waals surface area contributed by atoms with Crippen molar-refractivity contribution in [3.63, 3.8) is 0 Å². The lowest BCUT2D eigenvalue weighted by Crippen LogP contribution is -2.12. The van der Waals surface area contributed by atoms with E-state index in [2.05, 4.69) is 5.32 Å². The fourth-order valence-electron chi connectivity index (χ4n) is 2.10. The molecule has 0 fully saturated rings. The van der Waals surface area contributed by atoms with E-state index in [1.54, 1.807) is 12.1 Å². The zero-order valence-electron chi connectivity index (χ0n) is 11.1. The van der Waals surface area contributed by atoms with Crippen LogP contribution in [0.25, 0.3) is 11.1 Å². The first-order valence-corrected chi connectivity index (χ1v) is 6.37. The van der Waals surface area contributed by atoms with Gasteiger partial charge in [-0.15, -0.1) is 0 Å². The lowest BCUT2D eigenvalue weighted by molar-refractivity contribution is 0.624. The third kappa shape index (κ3) is 3.18. The molecule has 1 nitrogen and oxygen atoms in total. The smallest absolute Gasteiger partial charge is 0.123 e. The molecule has 19 heavy (non-hydrogen) atoms. The number of hydrogen-bond acceptors (Lipinski definition) is 1. The van der Waals surface area contributed by atoms with Crippen LogP contribution >= 0.6 is 0 Å². The van der Waals surface area contributed by atoms with E-state index in [1.807, 2.05) is 13.8 Å². The predicted octanol–water partition coefficient (Wildman–Crippen LogP) is 4.05. The van der Waals surface area contributed by atoms with Gasteiger partial charge in [-0.1, -0.05) is 19.1 Å². The summed E-state index contributed by atoms with van der Waals surface area (Å²) in [5, 5.41) is 3.21. The molecular formula is C16H17F2N. The second kappa shape index (κ2) is 5.93. The van der Waals surface area contributed by atoms with Crippen LogP contribution in [-0.4, -0.2) is 6.54 Å². The maximum Gasteiger partial charge on any atom is 0.123 e. The van der Waals surface area contributed by atoms with Crippen LogP contribution in [-0.2, 0) is 6.54 Å². The molecule has 2 rings (SSSR count). The molecule has 0 saturated heterocycles. The van der Waals surface area contributed by atoms with Crippen molar-refractivity contribution < 1.29 is 8.78 Å². The van der Waals surface area contributed by atoms with E-state index in [9.17, 15) is 8.78 Å². The Morgan fingerprint density at radius 3 is 2.26 bits per heavy atom. The Kier molecular flexibility index (Phi) is 4.27. The van der Waals surface area contributed by atoms with Gasteiger partial charge < -0.3 is 5.32 Å². The van der Waals surface area contributed by atoms with Crippen molar-refractivity contribution in [2.24, 2.45) is 0 Å². The van der Waals surface area contributed by atoms with Crippen molar-refractivity contribution in [1.82, 2.24) is 5.32 Å². The Labute approximate surface area is 112 Å². The van der Waals surface area contributed by atoms with Gasteiger partial charge in [-0.05, 0) is 60.0 Å². The Morgan fingerprint density at radius 1 is 0.947 bits per heavy atom. The summed E-state index contributed by atoms with van der Waals surface area (Å²) in [6.07, 6.45) is 0. The number of rotatable bonds is 4. The van der Waals surface area contributed by atoms with Gasteiger partial charge in [0.05, 0.1) is 0 Å². The van der Waals surface area contributed by atoms with Gasteiger partial charge in [0.15, 0.2) is 0 Å². The molecule has 0 aromatic heterocycles. The number of nitrogens with one attached hydrogen (secondary N) is 1. The van der Waals surface area contributed by atoms with Crippen LogP contribution < -0.4 is 5.32 Å². The molecule has 0 aliphatic heterocycles. The van der Waals surface area contributed by atoms with E-state index >= 15 is 0 Å². The van der Waals surface area contributed by atoms with Gasteiger partial charge in [-0.2, -0.15) is 0 Å². The number of aryl methyl sites for hydroxylation is 1. The number of benzene rings is 2. The van der Waals surface area contributed by atoms with Gasteiger partial charge in [-0.25, -0.2) is 8.78 Å². The third-order valence-electron chi connectivity index (χ3n) is 3.13. The SMILES string of the molecule is CCNCc1ccc(F)cc1-c1cc(F)ccc1C. The van der Waals surface area contributed by atoms with E-state index < -0.39 is 0 Å². The first kappa shape index (κ1) is 13.7. The minimum atomic E-state index is -0.307. The largest absolute Gasteiger partial charge is 0.313 e. The summed E-state index contributed by atoms with van der Waals surface area (Å²) < 4.78 is 26.9. The highest BCUT2D eigenvalue weighted by Gasteiger charge is 2.10. The molecule has 1 N–H and O–H groups in total. The maximum absolute atomic E-state index is 13.5. The molecular weight excluding hydrogens is 244 g/mol. The van der Waals surface area contributed by atoms with E-state index in [0.29, 0.717) is 6.54 Å². The predicted molar refractivity (Wildman–Crippen MR) is 73.9 cm³/mol. The topological polar surface area (TPSA) is 12.0 Å². The molecule has 0 saturated carbocycles. The van der Waals surface area contributed by atoms with Crippen LogP contribution in [0.5, 0.6) is 0 Å². The first-order chi connectivity index (χ1) is 9.11. The maximum atomic E-state index is 13.5. The van der Waals surface area contributed by atoms with E-state index in [1.165, 1.54) is 24.3 Å². The molecule has 0 radical (unpaired) electrons. The standard InChI is InChI=1S/C16H17F2N/c1-3-19-10-12-5-7-14(18)9-16(12)15-8-13(17)6-4-11(15)2/h4-9,19H,3,10H2,1-2H3. The highest BCUT2D eigenvalue weighted by atomic mass is 19.1. The molecule has 0 unspecified atom stereocenters. The van der Waals surface area contributed by atoms with Crippen molar-refractivity contribution in [2.45, 2.75) is 20.4 Å². The summed E-state index contributed by atoms with van der Waals surface area (Å²) in [5.74, 6) is -0.613. The van der Waals surface area contributed by atoms with Crippen LogP contribution in [0.1, 0.15) is 18.1 Å². The first-order valence-electron chi connectivity index (χ1n) is 6.37. The lowest BCUT2D eigenvalue weighted by atomic mass is 9.95. The minimum Gasteiger partial charge on any atom is -0.313 e. The molecule has 0 heterocycles. The average molecular weight is 261 g/mol. The lowest BCUT2D eigenvalue weighted by Gasteiger charge is -2.13.